The fourth-order valence-electron chi connectivity index (χ4n) is 6.10. The van der Waals surface area contributed by atoms with E-state index in [0.717, 1.165) is 77.7 Å². The topological polar surface area (TPSA) is 96.8 Å². The lowest BCUT2D eigenvalue weighted by Crippen LogP contribution is -2.31. The van der Waals surface area contributed by atoms with Gasteiger partial charge in [-0.3, -0.25) is 9.78 Å². The maximum Gasteiger partial charge on any atom is 0.255 e. The van der Waals surface area contributed by atoms with Gasteiger partial charge in [-0.05, 0) is 69.2 Å². The first-order valence-corrected chi connectivity index (χ1v) is 14.7. The summed E-state index contributed by atoms with van der Waals surface area (Å²) in [5, 5.41) is 17.6. The number of anilines is 2. The van der Waals surface area contributed by atoms with Gasteiger partial charge in [0.25, 0.3) is 5.91 Å². The van der Waals surface area contributed by atoms with Crippen molar-refractivity contribution >= 4 is 50.8 Å². The number of nitrogens with one attached hydrogen (secondary N) is 3. The maximum atomic E-state index is 13.5. The lowest BCUT2D eigenvalue weighted by Gasteiger charge is -2.25. The Morgan fingerprint density at radius 3 is 2.72 bits per heavy atom. The molecule has 8 nitrogen and oxygen atoms in total. The number of pyridine rings is 2. The number of aromatic nitrogens is 4. The number of carbonyl (C=O) groups is 1. The lowest BCUT2D eigenvalue weighted by molar-refractivity contribution is 0.0955. The molecule has 1 aromatic carbocycles. The van der Waals surface area contributed by atoms with Crippen molar-refractivity contribution < 1.29 is 4.79 Å². The summed E-state index contributed by atoms with van der Waals surface area (Å²) in [6.07, 6.45) is 13.8. The molecular weight excluding hydrogens is 510 g/mol. The number of rotatable bonds is 8. The van der Waals surface area contributed by atoms with Crippen LogP contribution in [0.15, 0.2) is 30.6 Å². The van der Waals surface area contributed by atoms with Crippen molar-refractivity contribution in [2.45, 2.75) is 77.3 Å². The Morgan fingerprint density at radius 2 is 1.87 bits per heavy atom. The summed E-state index contributed by atoms with van der Waals surface area (Å²) in [6, 6.07) is 6.25. The molecule has 0 aliphatic heterocycles. The largest absolute Gasteiger partial charge is 0.382 e. The summed E-state index contributed by atoms with van der Waals surface area (Å²) >= 11 is 6.27. The predicted molar refractivity (Wildman–Crippen MR) is 158 cm³/mol. The molecule has 0 atom stereocenters. The monoisotopic (exact) mass is 545 g/mol. The van der Waals surface area contributed by atoms with E-state index in [-0.39, 0.29) is 5.91 Å². The van der Waals surface area contributed by atoms with Crippen LogP contribution >= 0.6 is 11.6 Å². The van der Waals surface area contributed by atoms with Crippen LogP contribution in [-0.4, -0.2) is 44.8 Å². The van der Waals surface area contributed by atoms with E-state index in [1.165, 1.54) is 31.2 Å². The van der Waals surface area contributed by atoms with Crippen molar-refractivity contribution in [1.82, 2.24) is 25.1 Å². The zero-order chi connectivity index (χ0) is 26.8. The van der Waals surface area contributed by atoms with Gasteiger partial charge in [0.2, 0.25) is 0 Å². The van der Waals surface area contributed by atoms with Gasteiger partial charge in [-0.15, -0.1) is 0 Å². The fraction of sp³-hybridized carbons (Fsp3) is 0.467. The Bertz CT molecular complexity index is 1510. The molecule has 0 spiro atoms. The van der Waals surface area contributed by atoms with Gasteiger partial charge in [-0.2, -0.15) is 5.10 Å². The second kappa shape index (κ2) is 11.4. The van der Waals surface area contributed by atoms with Crippen LogP contribution in [0.25, 0.3) is 21.9 Å². The van der Waals surface area contributed by atoms with E-state index in [1.807, 2.05) is 36.0 Å². The van der Waals surface area contributed by atoms with Gasteiger partial charge in [-0.1, -0.05) is 30.9 Å². The quantitative estimate of drug-likeness (QED) is 0.231. The molecule has 3 N–H and O–H groups in total. The maximum absolute atomic E-state index is 13.5. The smallest absolute Gasteiger partial charge is 0.255 e. The van der Waals surface area contributed by atoms with E-state index in [9.17, 15) is 4.79 Å². The van der Waals surface area contributed by atoms with Crippen LogP contribution in [0.1, 0.15) is 73.5 Å². The molecule has 3 aromatic heterocycles. The van der Waals surface area contributed by atoms with Crippen LogP contribution in [0, 0.1) is 0 Å². The molecule has 1 fully saturated rings. The molecule has 6 rings (SSSR count). The Kier molecular flexibility index (Phi) is 7.55. The molecule has 0 unspecified atom stereocenters. The molecule has 204 valence electrons. The highest BCUT2D eigenvalue weighted by Gasteiger charge is 2.22. The van der Waals surface area contributed by atoms with Crippen LogP contribution in [0.2, 0.25) is 5.02 Å². The van der Waals surface area contributed by atoms with Crippen molar-refractivity contribution in [2.24, 2.45) is 0 Å². The zero-order valence-corrected chi connectivity index (χ0v) is 23.3. The van der Waals surface area contributed by atoms with Crippen LogP contribution in [-0.2, 0) is 19.4 Å². The van der Waals surface area contributed by atoms with Gasteiger partial charge in [0, 0.05) is 53.7 Å². The SMILES string of the molecule is CCn1ncc2c(NC3CCCCC3)c(C(=O)NCCNc3c4c(nc5cc(Cl)ccc35)CCCC4)cnc21. The Hall–Kier alpha value is -3.39. The van der Waals surface area contributed by atoms with E-state index in [0.29, 0.717) is 29.7 Å². The minimum absolute atomic E-state index is 0.123. The number of halogens is 1. The standard InChI is InChI=1S/C30H36ClN7O/c1-2-38-29-23(18-35-38)28(36-20-8-4-3-5-9-20)24(17-34-29)30(39)33-15-14-32-27-21-10-6-7-11-25(21)37-26-16-19(31)12-13-22(26)27/h12-13,16-18,20H,2-11,14-15H2,1H3,(H,32,37)(H,33,39)(H,34,36). The number of fused-ring (bicyclic) bond motifs is 3. The molecule has 0 radical (unpaired) electrons. The van der Waals surface area contributed by atoms with Crippen LogP contribution in [0.4, 0.5) is 11.4 Å². The summed E-state index contributed by atoms with van der Waals surface area (Å²) in [5.41, 5.74) is 6.73. The van der Waals surface area contributed by atoms with Crippen molar-refractivity contribution in [3.63, 3.8) is 0 Å². The molecule has 1 saturated carbocycles. The summed E-state index contributed by atoms with van der Waals surface area (Å²) < 4.78 is 1.87. The summed E-state index contributed by atoms with van der Waals surface area (Å²) in [7, 11) is 0. The van der Waals surface area contributed by atoms with Crippen molar-refractivity contribution in [2.75, 3.05) is 23.7 Å². The van der Waals surface area contributed by atoms with Crippen molar-refractivity contribution in [1.29, 1.82) is 0 Å². The van der Waals surface area contributed by atoms with Crippen molar-refractivity contribution in [3.05, 3.63) is 52.4 Å². The third kappa shape index (κ3) is 5.26. The highest BCUT2D eigenvalue weighted by molar-refractivity contribution is 6.31. The average Bonchev–Trinajstić information content (AvgIpc) is 3.39. The van der Waals surface area contributed by atoms with Gasteiger partial charge in [-0.25, -0.2) is 9.67 Å². The molecule has 1 amide bonds. The van der Waals surface area contributed by atoms with E-state index < -0.39 is 0 Å². The summed E-state index contributed by atoms with van der Waals surface area (Å²) in [5.74, 6) is -0.123. The Balaban J connectivity index is 1.20. The molecule has 2 aliphatic rings. The Labute approximate surface area is 233 Å². The number of aryl methyl sites for hydroxylation is 2. The highest BCUT2D eigenvalue weighted by atomic mass is 35.5. The number of nitrogens with zero attached hydrogens (tertiary/aromatic N) is 4. The van der Waals surface area contributed by atoms with Crippen LogP contribution in [0.3, 0.4) is 0 Å². The fourth-order valence-corrected chi connectivity index (χ4v) is 6.26. The van der Waals surface area contributed by atoms with E-state index >= 15 is 0 Å². The van der Waals surface area contributed by atoms with Gasteiger partial charge >= 0.3 is 0 Å². The number of hydrogen-bond donors (Lipinski definition) is 3. The third-order valence-electron chi connectivity index (χ3n) is 8.10. The first-order chi connectivity index (χ1) is 19.1. The predicted octanol–water partition coefficient (Wildman–Crippen LogP) is 6.12. The minimum Gasteiger partial charge on any atom is -0.382 e. The highest BCUT2D eigenvalue weighted by Crippen LogP contribution is 2.34. The molecule has 0 saturated heterocycles. The molecule has 4 aromatic rings. The number of amides is 1. The third-order valence-corrected chi connectivity index (χ3v) is 8.34. The number of benzene rings is 1. The molecule has 9 heteroatoms. The number of carbonyl (C=O) groups excluding carboxylic acids is 1. The lowest BCUT2D eigenvalue weighted by atomic mass is 9.92. The number of hydrogen-bond acceptors (Lipinski definition) is 6. The molecule has 39 heavy (non-hydrogen) atoms. The molecule has 3 heterocycles. The van der Waals surface area contributed by atoms with Crippen molar-refractivity contribution in [3.8, 4) is 0 Å². The molecule has 0 bridgehead atoms. The summed E-state index contributed by atoms with van der Waals surface area (Å²) in [4.78, 5) is 23.0. The zero-order valence-electron chi connectivity index (χ0n) is 22.5. The first kappa shape index (κ1) is 25.9. The van der Waals surface area contributed by atoms with Gasteiger partial charge < -0.3 is 16.0 Å². The van der Waals surface area contributed by atoms with Gasteiger partial charge in [0.05, 0.1) is 28.4 Å². The van der Waals surface area contributed by atoms with E-state index in [4.69, 9.17) is 16.6 Å². The van der Waals surface area contributed by atoms with E-state index in [1.54, 1.807) is 6.20 Å². The average molecular weight is 546 g/mol. The van der Waals surface area contributed by atoms with Gasteiger partial charge in [0.15, 0.2) is 5.65 Å². The molecular formula is C30H36ClN7O. The van der Waals surface area contributed by atoms with Crippen LogP contribution < -0.4 is 16.0 Å². The molecule has 2 aliphatic carbocycles. The first-order valence-electron chi connectivity index (χ1n) is 14.4. The minimum atomic E-state index is -0.123. The van der Waals surface area contributed by atoms with E-state index in [2.05, 4.69) is 26.0 Å². The second-order valence-electron chi connectivity index (χ2n) is 10.7. The van der Waals surface area contributed by atoms with Gasteiger partial charge in [0.1, 0.15) is 0 Å². The van der Waals surface area contributed by atoms with Crippen LogP contribution in [0.5, 0.6) is 0 Å². The second-order valence-corrected chi connectivity index (χ2v) is 11.1. The normalized spacial score (nSPS) is 15.8. The summed E-state index contributed by atoms with van der Waals surface area (Å²) in [6.45, 7) is 3.87. The Morgan fingerprint density at radius 1 is 1.03 bits per heavy atom.